The first-order valence-electron chi connectivity index (χ1n) is 6.98. The van der Waals surface area contributed by atoms with Gasteiger partial charge in [-0.15, -0.1) is 0 Å². The lowest BCUT2D eigenvalue weighted by Crippen LogP contribution is -2.35. The summed E-state index contributed by atoms with van der Waals surface area (Å²) in [6.45, 7) is 7.26. The van der Waals surface area contributed by atoms with Crippen LogP contribution in [0.1, 0.15) is 63.5 Å². The molecule has 1 atom stereocenters. The Balaban J connectivity index is 2.22. The summed E-state index contributed by atoms with van der Waals surface area (Å²) < 4.78 is 1.76. The molecule has 1 saturated carbocycles. The van der Waals surface area contributed by atoms with Gasteiger partial charge in [-0.1, -0.05) is 33.6 Å². The Morgan fingerprint density at radius 3 is 2.94 bits per heavy atom. The number of hydrogen-bond donors (Lipinski definition) is 0. The van der Waals surface area contributed by atoms with Crippen LogP contribution in [0.4, 0.5) is 0 Å². The van der Waals surface area contributed by atoms with E-state index in [1.807, 2.05) is 0 Å². The van der Waals surface area contributed by atoms with Crippen LogP contribution >= 0.6 is 0 Å². The Hall–Kier alpha value is -1.19. The van der Waals surface area contributed by atoms with Gasteiger partial charge in [-0.3, -0.25) is 4.79 Å². The minimum absolute atomic E-state index is 0.0956. The van der Waals surface area contributed by atoms with Gasteiger partial charge in [0.1, 0.15) is 6.33 Å². The molecule has 1 aromatic rings. The number of ketones is 1. The maximum Gasteiger partial charge on any atom is 0.203 e. The second-order valence-electron chi connectivity index (χ2n) is 5.96. The van der Waals surface area contributed by atoms with E-state index in [-0.39, 0.29) is 17.1 Å². The molecule has 2 rings (SSSR count). The van der Waals surface area contributed by atoms with Gasteiger partial charge in [0.2, 0.25) is 5.78 Å². The average Bonchev–Trinajstić information content (AvgIpc) is 2.76. The van der Waals surface area contributed by atoms with Crippen molar-refractivity contribution in [3.63, 3.8) is 0 Å². The third kappa shape index (κ3) is 2.47. The number of Topliss-reactive ketones (excluding diaryl/α,β-unsaturated/α-hetero) is 1. The topological polar surface area (TPSA) is 47.8 Å². The zero-order chi connectivity index (χ0) is 13.2. The molecule has 1 aliphatic carbocycles. The highest BCUT2D eigenvalue weighted by Crippen LogP contribution is 2.41. The molecule has 0 spiro atoms. The minimum atomic E-state index is 0.0956. The molecule has 0 amide bonds. The van der Waals surface area contributed by atoms with Crippen LogP contribution in [0.2, 0.25) is 0 Å². The highest BCUT2D eigenvalue weighted by atomic mass is 16.1. The first-order chi connectivity index (χ1) is 8.56. The van der Waals surface area contributed by atoms with Gasteiger partial charge in [-0.25, -0.2) is 9.67 Å². The Morgan fingerprint density at radius 2 is 2.28 bits per heavy atom. The Labute approximate surface area is 109 Å². The van der Waals surface area contributed by atoms with Crippen molar-refractivity contribution in [2.24, 2.45) is 11.3 Å². The van der Waals surface area contributed by atoms with Gasteiger partial charge >= 0.3 is 0 Å². The van der Waals surface area contributed by atoms with Gasteiger partial charge in [0, 0.05) is 12.5 Å². The van der Waals surface area contributed by atoms with Gasteiger partial charge in [0.15, 0.2) is 5.82 Å². The molecule has 1 aliphatic rings. The van der Waals surface area contributed by atoms with Gasteiger partial charge in [0.25, 0.3) is 0 Å². The predicted octanol–water partition coefficient (Wildman–Crippen LogP) is 3.09. The van der Waals surface area contributed by atoms with Crippen molar-refractivity contribution in [1.82, 2.24) is 14.8 Å². The molecule has 0 radical (unpaired) electrons. The predicted molar refractivity (Wildman–Crippen MR) is 70.4 cm³/mol. The summed E-state index contributed by atoms with van der Waals surface area (Å²) in [5, 5.41) is 4.15. The summed E-state index contributed by atoms with van der Waals surface area (Å²) in [6.07, 6.45) is 6.98. The Bertz CT molecular complexity index is 422. The van der Waals surface area contributed by atoms with Crippen molar-refractivity contribution in [1.29, 1.82) is 0 Å². The van der Waals surface area contributed by atoms with Gasteiger partial charge in [0.05, 0.1) is 0 Å². The lowest BCUT2D eigenvalue weighted by Gasteiger charge is -2.37. The highest BCUT2D eigenvalue weighted by Gasteiger charge is 2.39. The zero-order valence-corrected chi connectivity index (χ0v) is 11.6. The number of aromatic nitrogens is 3. The fraction of sp³-hybridized carbons (Fsp3) is 0.786. The summed E-state index contributed by atoms with van der Waals surface area (Å²) in [7, 11) is 0. The molecule has 100 valence electrons. The van der Waals surface area contributed by atoms with Crippen LogP contribution in [-0.2, 0) is 6.54 Å². The molecule has 1 unspecified atom stereocenters. The molecule has 0 aliphatic heterocycles. The van der Waals surface area contributed by atoms with E-state index in [4.69, 9.17) is 0 Å². The number of carbonyl (C=O) groups is 1. The van der Waals surface area contributed by atoms with E-state index in [1.54, 1.807) is 4.68 Å². The van der Waals surface area contributed by atoms with Crippen LogP contribution in [0.15, 0.2) is 6.33 Å². The maximum atomic E-state index is 12.6. The Morgan fingerprint density at radius 1 is 1.50 bits per heavy atom. The normalized spacial score (nSPS) is 22.9. The zero-order valence-electron chi connectivity index (χ0n) is 11.6. The lowest BCUT2D eigenvalue weighted by atomic mass is 9.67. The van der Waals surface area contributed by atoms with Crippen molar-refractivity contribution in [2.75, 3.05) is 0 Å². The second kappa shape index (κ2) is 5.21. The van der Waals surface area contributed by atoms with Crippen LogP contribution in [-0.4, -0.2) is 20.5 Å². The molecule has 1 fully saturated rings. The quantitative estimate of drug-likeness (QED) is 0.770. The molecule has 0 N–H and O–H groups in total. The standard InChI is InChI=1S/C14H23N3O/c1-4-9-17-13(15-10-16-17)12(18)11-7-5-6-8-14(11,2)3/h10-11H,4-9H2,1-3H3. The summed E-state index contributed by atoms with van der Waals surface area (Å²) in [5.74, 6) is 0.841. The molecular weight excluding hydrogens is 226 g/mol. The number of rotatable bonds is 4. The van der Waals surface area contributed by atoms with Crippen LogP contribution in [0.25, 0.3) is 0 Å². The van der Waals surface area contributed by atoms with Crippen LogP contribution < -0.4 is 0 Å². The van der Waals surface area contributed by atoms with E-state index in [1.165, 1.54) is 12.7 Å². The molecule has 18 heavy (non-hydrogen) atoms. The van der Waals surface area contributed by atoms with Crippen molar-refractivity contribution < 1.29 is 4.79 Å². The Kier molecular flexibility index (Phi) is 3.83. The van der Waals surface area contributed by atoms with E-state index in [0.717, 1.165) is 32.2 Å². The lowest BCUT2D eigenvalue weighted by molar-refractivity contribution is 0.0680. The molecule has 0 bridgehead atoms. The minimum Gasteiger partial charge on any atom is -0.290 e. The number of aryl methyl sites for hydroxylation is 1. The van der Waals surface area contributed by atoms with Crippen molar-refractivity contribution >= 4 is 5.78 Å². The maximum absolute atomic E-state index is 12.6. The van der Waals surface area contributed by atoms with E-state index in [0.29, 0.717) is 5.82 Å². The second-order valence-corrected chi connectivity index (χ2v) is 5.96. The van der Waals surface area contributed by atoms with Crippen molar-refractivity contribution in [3.8, 4) is 0 Å². The third-order valence-corrected chi connectivity index (χ3v) is 4.10. The van der Waals surface area contributed by atoms with E-state index in [9.17, 15) is 4.79 Å². The van der Waals surface area contributed by atoms with Crippen molar-refractivity contribution in [3.05, 3.63) is 12.2 Å². The van der Waals surface area contributed by atoms with Crippen molar-refractivity contribution in [2.45, 2.75) is 59.4 Å². The monoisotopic (exact) mass is 249 g/mol. The number of hydrogen-bond acceptors (Lipinski definition) is 3. The van der Waals surface area contributed by atoms with Gasteiger partial charge in [-0.2, -0.15) is 5.10 Å². The molecule has 0 saturated heterocycles. The molecular formula is C14H23N3O. The smallest absolute Gasteiger partial charge is 0.203 e. The van der Waals surface area contributed by atoms with Gasteiger partial charge < -0.3 is 0 Å². The van der Waals surface area contributed by atoms with Gasteiger partial charge in [-0.05, 0) is 24.7 Å². The van der Waals surface area contributed by atoms with Crippen LogP contribution in [0.3, 0.4) is 0 Å². The first-order valence-corrected chi connectivity index (χ1v) is 6.98. The fourth-order valence-electron chi connectivity index (χ4n) is 2.97. The third-order valence-electron chi connectivity index (χ3n) is 4.10. The largest absolute Gasteiger partial charge is 0.290 e. The highest BCUT2D eigenvalue weighted by molar-refractivity contribution is 5.95. The average molecular weight is 249 g/mol. The fourth-order valence-corrected chi connectivity index (χ4v) is 2.97. The molecule has 1 aromatic heterocycles. The molecule has 1 heterocycles. The summed E-state index contributed by atoms with van der Waals surface area (Å²) >= 11 is 0. The first kappa shape index (κ1) is 13.2. The number of nitrogens with zero attached hydrogens (tertiary/aromatic N) is 3. The van der Waals surface area contributed by atoms with E-state index < -0.39 is 0 Å². The van der Waals surface area contributed by atoms with E-state index >= 15 is 0 Å². The molecule has 4 heteroatoms. The SMILES string of the molecule is CCCn1ncnc1C(=O)C1CCCCC1(C)C. The number of carbonyl (C=O) groups excluding carboxylic acids is 1. The van der Waals surface area contributed by atoms with Crippen LogP contribution in [0.5, 0.6) is 0 Å². The summed E-state index contributed by atoms with van der Waals surface area (Å²) in [5.41, 5.74) is 0.0956. The summed E-state index contributed by atoms with van der Waals surface area (Å²) in [4.78, 5) is 16.8. The molecule has 0 aromatic carbocycles. The van der Waals surface area contributed by atoms with E-state index in [2.05, 4.69) is 30.9 Å². The summed E-state index contributed by atoms with van der Waals surface area (Å²) in [6, 6.07) is 0. The molecule has 4 nitrogen and oxygen atoms in total. The van der Waals surface area contributed by atoms with Crippen LogP contribution in [0, 0.1) is 11.3 Å².